The number of hydrogen-bond donors (Lipinski definition) is 0. The van der Waals surface area contributed by atoms with Crippen LogP contribution in [0.5, 0.6) is 0 Å². The van der Waals surface area contributed by atoms with Crippen molar-refractivity contribution < 1.29 is 9.59 Å². The van der Waals surface area contributed by atoms with Crippen molar-refractivity contribution >= 4 is 44.8 Å². The number of anilines is 2. The largest absolute Gasteiger partial charge is 0.365 e. The number of hydrazone groups is 1. The predicted octanol–water partition coefficient (Wildman–Crippen LogP) is 3.98. The summed E-state index contributed by atoms with van der Waals surface area (Å²) in [6.07, 6.45) is 0.677. The van der Waals surface area contributed by atoms with Gasteiger partial charge in [-0.25, -0.2) is 5.01 Å². The molecule has 30 heavy (non-hydrogen) atoms. The molecule has 1 unspecified atom stereocenters. The molecule has 2 aromatic carbocycles. The van der Waals surface area contributed by atoms with Gasteiger partial charge in [0.1, 0.15) is 5.71 Å². The maximum atomic E-state index is 13.2. The average molecular weight is 469 g/mol. The minimum Gasteiger partial charge on any atom is -0.365 e. The molecule has 2 heterocycles. The normalized spacial score (nSPS) is 19.7. The van der Waals surface area contributed by atoms with Crippen LogP contribution in [0.15, 0.2) is 58.1 Å². The van der Waals surface area contributed by atoms with E-state index in [1.807, 2.05) is 29.2 Å². The fraction of sp³-hybridized carbons (Fsp3) is 0.348. The molecule has 0 spiro atoms. The third-order valence-corrected chi connectivity index (χ3v) is 6.13. The molecule has 1 saturated heterocycles. The van der Waals surface area contributed by atoms with Gasteiger partial charge in [-0.05, 0) is 55.8 Å². The van der Waals surface area contributed by atoms with E-state index in [0.29, 0.717) is 37.3 Å². The maximum absolute atomic E-state index is 13.2. The third kappa shape index (κ3) is 4.26. The molecule has 2 amide bonds. The van der Waals surface area contributed by atoms with Crippen LogP contribution in [0.2, 0.25) is 0 Å². The van der Waals surface area contributed by atoms with Crippen molar-refractivity contribution in [2.75, 3.05) is 29.5 Å². The number of piperazine rings is 1. The van der Waals surface area contributed by atoms with Gasteiger partial charge in [-0.3, -0.25) is 9.59 Å². The third-order valence-electron chi connectivity index (χ3n) is 5.60. The molecule has 2 aromatic rings. The Balaban J connectivity index is 1.48. The van der Waals surface area contributed by atoms with Crippen molar-refractivity contribution in [2.45, 2.75) is 32.7 Å². The van der Waals surface area contributed by atoms with E-state index >= 15 is 0 Å². The van der Waals surface area contributed by atoms with Gasteiger partial charge in [-0.2, -0.15) is 5.10 Å². The first-order chi connectivity index (χ1) is 14.4. The lowest BCUT2D eigenvalue weighted by molar-refractivity contribution is -0.125. The molecular weight excluding hydrogens is 444 g/mol. The Bertz CT molecular complexity index is 989. The molecular formula is C23H25BrN4O2. The number of hydrogen-bond acceptors (Lipinski definition) is 4. The monoisotopic (exact) mass is 468 g/mol. The summed E-state index contributed by atoms with van der Waals surface area (Å²) in [6.45, 7) is 6.29. The summed E-state index contributed by atoms with van der Waals surface area (Å²) in [5, 5.41) is 5.79. The molecule has 156 valence electrons. The van der Waals surface area contributed by atoms with Gasteiger partial charge < -0.3 is 9.80 Å². The summed E-state index contributed by atoms with van der Waals surface area (Å²) in [7, 11) is 0. The van der Waals surface area contributed by atoms with Gasteiger partial charge in [-0.15, -0.1) is 0 Å². The molecule has 4 rings (SSSR count). The fourth-order valence-corrected chi connectivity index (χ4v) is 4.27. The van der Waals surface area contributed by atoms with E-state index in [1.54, 1.807) is 0 Å². The average Bonchev–Trinajstić information content (AvgIpc) is 2.74. The van der Waals surface area contributed by atoms with Crippen LogP contribution in [0.4, 0.5) is 11.4 Å². The number of halogens is 1. The summed E-state index contributed by atoms with van der Waals surface area (Å²) in [4.78, 5) is 29.8. The smallest absolute Gasteiger partial charge is 0.270 e. The molecule has 7 heteroatoms. The van der Waals surface area contributed by atoms with Crippen molar-refractivity contribution in [2.24, 2.45) is 5.10 Å². The number of rotatable bonds is 3. The second-order valence-corrected chi connectivity index (χ2v) is 8.78. The van der Waals surface area contributed by atoms with Crippen molar-refractivity contribution in [3.05, 3.63) is 58.6 Å². The number of benzene rings is 2. The molecule has 0 aromatic heterocycles. The van der Waals surface area contributed by atoms with E-state index in [-0.39, 0.29) is 17.9 Å². The van der Waals surface area contributed by atoms with Gasteiger partial charge in [0.05, 0.1) is 5.69 Å². The Hall–Kier alpha value is -2.67. The molecule has 2 aliphatic rings. The van der Waals surface area contributed by atoms with Gasteiger partial charge in [0.2, 0.25) is 5.91 Å². The number of aryl methyl sites for hydroxylation is 1. The Morgan fingerprint density at radius 1 is 1.07 bits per heavy atom. The topological polar surface area (TPSA) is 56.2 Å². The molecule has 2 aliphatic heterocycles. The molecule has 1 atom stereocenters. The summed E-state index contributed by atoms with van der Waals surface area (Å²) in [5.41, 5.74) is 3.55. The van der Waals surface area contributed by atoms with Crippen LogP contribution in [-0.4, -0.2) is 48.1 Å². The quantitative estimate of drug-likeness (QED) is 0.684. The minimum absolute atomic E-state index is 0.0691. The lowest BCUT2D eigenvalue weighted by Gasteiger charge is -2.41. The number of carbonyl (C=O) groups is 2. The molecule has 0 N–H and O–H groups in total. The second kappa shape index (κ2) is 8.60. The lowest BCUT2D eigenvalue weighted by atomic mass is 10.1. The Morgan fingerprint density at radius 3 is 2.53 bits per heavy atom. The molecule has 6 nitrogen and oxygen atoms in total. The zero-order chi connectivity index (χ0) is 21.3. The first kappa shape index (κ1) is 20.6. The van der Waals surface area contributed by atoms with Crippen LogP contribution in [-0.2, 0) is 9.59 Å². The highest BCUT2D eigenvalue weighted by atomic mass is 79.9. The number of nitrogens with zero attached hydrogens (tertiary/aromatic N) is 4. The van der Waals surface area contributed by atoms with Crippen LogP contribution in [0.1, 0.15) is 25.3 Å². The molecule has 0 saturated carbocycles. The lowest BCUT2D eigenvalue weighted by Crippen LogP contribution is -2.55. The maximum Gasteiger partial charge on any atom is 0.270 e. The molecule has 0 bridgehead atoms. The van der Waals surface area contributed by atoms with E-state index in [1.165, 1.54) is 16.3 Å². The van der Waals surface area contributed by atoms with Crippen molar-refractivity contribution in [1.82, 2.24) is 4.90 Å². The highest BCUT2D eigenvalue weighted by Crippen LogP contribution is 2.25. The van der Waals surface area contributed by atoms with Crippen LogP contribution < -0.4 is 9.91 Å². The van der Waals surface area contributed by atoms with Crippen molar-refractivity contribution in [3.8, 4) is 0 Å². The summed E-state index contributed by atoms with van der Waals surface area (Å²) in [5.74, 6) is -0.160. The standard InChI is InChI=1S/C23H25BrN4O2/c1-16-4-3-5-20(14-16)27-13-12-26(15-17(27)2)23(30)21-10-11-22(29)28(25-21)19-8-6-18(24)7-9-19/h3-9,14,17H,10-13,15H2,1-2H3. The van der Waals surface area contributed by atoms with Gasteiger partial charge in [-0.1, -0.05) is 28.1 Å². The van der Waals surface area contributed by atoms with Gasteiger partial charge in [0, 0.05) is 48.7 Å². The number of carbonyl (C=O) groups excluding carboxylic acids is 2. The first-order valence-corrected chi connectivity index (χ1v) is 11.0. The Labute approximate surface area is 185 Å². The van der Waals surface area contributed by atoms with E-state index in [4.69, 9.17) is 0 Å². The summed E-state index contributed by atoms with van der Waals surface area (Å²) < 4.78 is 0.927. The van der Waals surface area contributed by atoms with E-state index in [9.17, 15) is 9.59 Å². The fourth-order valence-electron chi connectivity index (χ4n) is 4.01. The van der Waals surface area contributed by atoms with Crippen LogP contribution in [0.3, 0.4) is 0 Å². The number of amides is 2. The molecule has 1 fully saturated rings. The van der Waals surface area contributed by atoms with Crippen LogP contribution in [0, 0.1) is 6.92 Å². The highest BCUT2D eigenvalue weighted by Gasteiger charge is 2.32. The highest BCUT2D eigenvalue weighted by molar-refractivity contribution is 9.10. The van der Waals surface area contributed by atoms with E-state index < -0.39 is 0 Å². The van der Waals surface area contributed by atoms with E-state index in [2.05, 4.69) is 64.0 Å². The van der Waals surface area contributed by atoms with Crippen molar-refractivity contribution in [3.63, 3.8) is 0 Å². The van der Waals surface area contributed by atoms with E-state index in [0.717, 1.165) is 11.0 Å². The second-order valence-electron chi connectivity index (χ2n) is 7.86. The predicted molar refractivity (Wildman–Crippen MR) is 123 cm³/mol. The summed E-state index contributed by atoms with van der Waals surface area (Å²) >= 11 is 3.40. The zero-order valence-corrected chi connectivity index (χ0v) is 18.8. The van der Waals surface area contributed by atoms with Gasteiger partial charge >= 0.3 is 0 Å². The minimum atomic E-state index is -0.0912. The molecule has 0 radical (unpaired) electrons. The van der Waals surface area contributed by atoms with Crippen LogP contribution >= 0.6 is 15.9 Å². The Kier molecular flexibility index (Phi) is 5.90. The summed E-state index contributed by atoms with van der Waals surface area (Å²) in [6, 6.07) is 16.0. The van der Waals surface area contributed by atoms with Crippen molar-refractivity contribution in [1.29, 1.82) is 0 Å². The first-order valence-electron chi connectivity index (χ1n) is 10.2. The zero-order valence-electron chi connectivity index (χ0n) is 17.2. The van der Waals surface area contributed by atoms with Gasteiger partial charge in [0.15, 0.2) is 0 Å². The van der Waals surface area contributed by atoms with Gasteiger partial charge in [0.25, 0.3) is 5.91 Å². The Morgan fingerprint density at radius 2 is 1.83 bits per heavy atom. The van der Waals surface area contributed by atoms with Crippen LogP contribution in [0.25, 0.3) is 0 Å². The SMILES string of the molecule is Cc1cccc(N2CCN(C(=O)C3=NN(c4ccc(Br)cc4)C(=O)CC3)CC2C)c1. The molecule has 0 aliphatic carbocycles.